The fourth-order valence-electron chi connectivity index (χ4n) is 2.46. The summed E-state index contributed by atoms with van der Waals surface area (Å²) in [5.41, 5.74) is 0. The largest absolute Gasteiger partial charge is 0.481 e. The van der Waals surface area contributed by atoms with Crippen molar-refractivity contribution in [1.29, 1.82) is 0 Å². The van der Waals surface area contributed by atoms with E-state index in [1.54, 1.807) is 0 Å². The van der Waals surface area contributed by atoms with E-state index in [9.17, 15) is 14.4 Å². The summed E-state index contributed by atoms with van der Waals surface area (Å²) in [7, 11) is 0. The van der Waals surface area contributed by atoms with Gasteiger partial charge in [-0.1, -0.05) is 71.3 Å². The number of carboxylic acid groups (broad SMARTS) is 2. The molecule has 0 aromatic carbocycles. The van der Waals surface area contributed by atoms with Gasteiger partial charge in [0.1, 0.15) is 12.7 Å². The smallest absolute Gasteiger partial charge is 0.327 e. The average Bonchev–Trinajstić information content (AvgIpc) is 2.79. The van der Waals surface area contributed by atoms with Crippen molar-refractivity contribution >= 4 is 17.9 Å². The van der Waals surface area contributed by atoms with Gasteiger partial charge in [-0.05, 0) is 19.3 Å². The Labute approximate surface area is 198 Å². The Balaban J connectivity index is -0.000000453. The van der Waals surface area contributed by atoms with Gasteiger partial charge in [-0.3, -0.25) is 9.59 Å². The minimum absolute atomic E-state index is 0.137. The summed E-state index contributed by atoms with van der Waals surface area (Å²) in [5.74, 6) is -2.02. The molecule has 0 fully saturated rings. The number of carbonyl (C=O) groups excluding carboxylic acids is 1. The van der Waals surface area contributed by atoms with Crippen LogP contribution in [0.3, 0.4) is 0 Å². The van der Waals surface area contributed by atoms with Gasteiger partial charge in [-0.15, -0.1) is 0 Å². The van der Waals surface area contributed by atoms with E-state index in [4.69, 9.17) is 25.5 Å². The molecular formula is C24H46O9. The normalized spacial score (nSPS) is 10.7. The summed E-state index contributed by atoms with van der Waals surface area (Å²) in [6.45, 7) is 4.76. The molecule has 196 valence electrons. The Morgan fingerprint density at radius 1 is 0.818 bits per heavy atom. The third-order valence-corrected chi connectivity index (χ3v) is 4.36. The highest BCUT2D eigenvalue weighted by molar-refractivity contribution is 5.78. The van der Waals surface area contributed by atoms with Crippen LogP contribution in [0, 0.1) is 0 Å². The van der Waals surface area contributed by atoms with Crippen LogP contribution in [0.5, 0.6) is 0 Å². The molecule has 0 saturated heterocycles. The van der Waals surface area contributed by atoms with E-state index < -0.39 is 24.6 Å². The number of unbranched alkanes of at least 4 members (excludes halogenated alkanes) is 10. The van der Waals surface area contributed by atoms with E-state index in [-0.39, 0.29) is 25.6 Å². The van der Waals surface area contributed by atoms with Crippen LogP contribution in [-0.2, 0) is 19.1 Å². The van der Waals surface area contributed by atoms with Crippen LogP contribution in [-0.4, -0.2) is 69.4 Å². The first kappa shape index (κ1) is 35.6. The summed E-state index contributed by atoms with van der Waals surface area (Å²) in [4.78, 5) is 30.4. The van der Waals surface area contributed by atoms with Gasteiger partial charge in [0.15, 0.2) is 0 Å². The predicted octanol–water partition coefficient (Wildman–Crippen LogP) is 3.68. The second-order valence-corrected chi connectivity index (χ2v) is 7.57. The number of aliphatic hydroxyl groups excluding tert-OH is 3. The molecular weight excluding hydrogens is 432 g/mol. The van der Waals surface area contributed by atoms with Crippen LogP contribution in [0.4, 0.5) is 0 Å². The first-order valence-corrected chi connectivity index (χ1v) is 11.9. The Morgan fingerprint density at radius 2 is 1.27 bits per heavy atom. The van der Waals surface area contributed by atoms with Crippen molar-refractivity contribution < 1.29 is 44.7 Å². The highest BCUT2D eigenvalue weighted by Gasteiger charge is 2.07. The number of ether oxygens (including phenoxy) is 1. The minimum Gasteiger partial charge on any atom is -0.481 e. The molecule has 1 unspecified atom stereocenters. The van der Waals surface area contributed by atoms with Crippen LogP contribution in [0.1, 0.15) is 96.8 Å². The van der Waals surface area contributed by atoms with E-state index >= 15 is 0 Å². The first-order valence-electron chi connectivity index (χ1n) is 11.9. The van der Waals surface area contributed by atoms with E-state index in [2.05, 4.69) is 18.2 Å². The molecule has 0 aliphatic carbocycles. The van der Waals surface area contributed by atoms with E-state index in [0.29, 0.717) is 19.3 Å². The number of rotatable bonds is 19. The average molecular weight is 479 g/mol. The molecule has 0 bridgehead atoms. The van der Waals surface area contributed by atoms with Gasteiger partial charge >= 0.3 is 17.9 Å². The number of hydrogen-bond acceptors (Lipinski definition) is 7. The molecule has 0 aliphatic rings. The van der Waals surface area contributed by atoms with Crippen molar-refractivity contribution in [2.45, 2.75) is 103 Å². The maximum Gasteiger partial charge on any atom is 0.327 e. The molecule has 33 heavy (non-hydrogen) atoms. The quantitative estimate of drug-likeness (QED) is 0.106. The lowest BCUT2D eigenvalue weighted by Gasteiger charge is -2.07. The van der Waals surface area contributed by atoms with Crippen LogP contribution in [0.25, 0.3) is 0 Å². The molecule has 5 N–H and O–H groups in total. The highest BCUT2D eigenvalue weighted by Crippen LogP contribution is 2.10. The van der Waals surface area contributed by atoms with Gasteiger partial charge in [0.05, 0.1) is 6.61 Å². The summed E-state index contributed by atoms with van der Waals surface area (Å²) in [6.07, 6.45) is 13.8. The minimum atomic E-state index is -0.989. The van der Waals surface area contributed by atoms with Crippen molar-refractivity contribution in [3.63, 3.8) is 0 Å². The lowest BCUT2D eigenvalue weighted by atomic mass is 10.1. The monoisotopic (exact) mass is 478 g/mol. The second kappa shape index (κ2) is 30.0. The van der Waals surface area contributed by atoms with E-state index in [0.717, 1.165) is 25.3 Å². The third kappa shape index (κ3) is 40.9. The number of carbonyl (C=O) groups is 3. The fourth-order valence-corrected chi connectivity index (χ4v) is 2.46. The molecule has 9 heteroatoms. The maximum atomic E-state index is 10.9. The van der Waals surface area contributed by atoms with Crippen LogP contribution in [0.15, 0.2) is 12.7 Å². The Bertz CT molecular complexity index is 467. The highest BCUT2D eigenvalue weighted by atomic mass is 16.5. The topological polar surface area (TPSA) is 162 Å². The fraction of sp³-hybridized carbons (Fsp3) is 0.792. The molecule has 1 atom stereocenters. The van der Waals surface area contributed by atoms with Gasteiger partial charge in [0.2, 0.25) is 0 Å². The zero-order valence-electron chi connectivity index (χ0n) is 20.3. The zero-order chi connectivity index (χ0) is 25.7. The Morgan fingerprint density at radius 3 is 1.70 bits per heavy atom. The van der Waals surface area contributed by atoms with Crippen LogP contribution in [0.2, 0.25) is 0 Å². The Kier molecular flexibility index (Phi) is 32.4. The molecule has 0 saturated carbocycles. The second-order valence-electron chi connectivity index (χ2n) is 7.57. The third-order valence-electron chi connectivity index (χ3n) is 4.36. The van der Waals surface area contributed by atoms with Gasteiger partial charge in [0.25, 0.3) is 0 Å². The SMILES string of the molecule is C=CC(=O)O.CCCCCCCCCCCC(=O)O.O=C(CCCCCO)OCC(O)CO. The van der Waals surface area contributed by atoms with E-state index in [1.165, 1.54) is 44.9 Å². The molecule has 0 spiro atoms. The van der Waals surface area contributed by atoms with Crippen molar-refractivity contribution in [3.8, 4) is 0 Å². The maximum absolute atomic E-state index is 10.9. The molecule has 0 radical (unpaired) electrons. The number of aliphatic carboxylic acids is 2. The summed E-state index contributed by atoms with van der Waals surface area (Å²) in [5, 5.41) is 41.8. The zero-order valence-corrected chi connectivity index (χ0v) is 20.3. The first-order chi connectivity index (χ1) is 15.7. The van der Waals surface area contributed by atoms with Gasteiger partial charge in [-0.2, -0.15) is 0 Å². The standard InChI is InChI=1S/C12H24O2.C9H18O5.C3H4O2/c1-2-3-4-5-6-7-8-9-10-11-12(13)14;10-5-3-1-2-4-9(13)14-7-8(12)6-11;1-2-3(4)5/h2-11H2,1H3,(H,13,14);8,10-12H,1-7H2;2H,1H2,(H,4,5). The molecule has 0 amide bonds. The predicted molar refractivity (Wildman–Crippen MR) is 127 cm³/mol. The number of carboxylic acids is 2. The number of aliphatic hydroxyl groups is 3. The summed E-state index contributed by atoms with van der Waals surface area (Å²) in [6, 6.07) is 0. The molecule has 0 heterocycles. The van der Waals surface area contributed by atoms with Crippen molar-refractivity contribution in [2.75, 3.05) is 19.8 Å². The van der Waals surface area contributed by atoms with E-state index in [1.807, 2.05) is 0 Å². The summed E-state index contributed by atoms with van der Waals surface area (Å²) >= 11 is 0. The number of hydrogen-bond donors (Lipinski definition) is 5. The lowest BCUT2D eigenvalue weighted by molar-refractivity contribution is -0.147. The molecule has 0 aromatic heterocycles. The lowest BCUT2D eigenvalue weighted by Crippen LogP contribution is -2.21. The molecule has 0 rings (SSSR count). The van der Waals surface area contributed by atoms with Crippen LogP contribution < -0.4 is 0 Å². The van der Waals surface area contributed by atoms with Gasteiger partial charge in [-0.25, -0.2) is 4.79 Å². The molecule has 0 aliphatic heterocycles. The molecule has 9 nitrogen and oxygen atoms in total. The van der Waals surface area contributed by atoms with Crippen LogP contribution >= 0.6 is 0 Å². The Hall–Kier alpha value is -1.97. The van der Waals surface area contributed by atoms with Gasteiger partial charge in [0, 0.05) is 25.5 Å². The van der Waals surface area contributed by atoms with Crippen molar-refractivity contribution in [1.82, 2.24) is 0 Å². The van der Waals surface area contributed by atoms with Crippen molar-refractivity contribution in [2.24, 2.45) is 0 Å². The molecule has 0 aromatic rings. The van der Waals surface area contributed by atoms with Gasteiger partial charge < -0.3 is 30.3 Å². The summed E-state index contributed by atoms with van der Waals surface area (Å²) < 4.78 is 4.66. The van der Waals surface area contributed by atoms with Crippen molar-refractivity contribution in [3.05, 3.63) is 12.7 Å². The number of esters is 1.